The second-order valence-corrected chi connectivity index (χ2v) is 6.61. The van der Waals surface area contributed by atoms with E-state index in [1.807, 2.05) is 37.4 Å². The highest BCUT2D eigenvalue weighted by Gasteiger charge is 2.36. The maximum atomic E-state index is 12.8. The summed E-state index contributed by atoms with van der Waals surface area (Å²) >= 11 is 0. The summed E-state index contributed by atoms with van der Waals surface area (Å²) in [7, 11) is 2.02. The van der Waals surface area contributed by atoms with Gasteiger partial charge in [0.25, 0.3) is 0 Å². The molecule has 1 saturated carbocycles. The zero-order valence-corrected chi connectivity index (χ0v) is 13.7. The summed E-state index contributed by atoms with van der Waals surface area (Å²) in [6, 6.07) is 11.0. The summed E-state index contributed by atoms with van der Waals surface area (Å²) < 4.78 is 0. The molecule has 2 atom stereocenters. The van der Waals surface area contributed by atoms with E-state index in [4.69, 9.17) is 0 Å². The molecule has 0 bridgehead atoms. The van der Waals surface area contributed by atoms with Crippen LogP contribution >= 0.6 is 0 Å². The van der Waals surface area contributed by atoms with Crippen LogP contribution in [-0.2, 0) is 4.79 Å². The van der Waals surface area contributed by atoms with Crippen LogP contribution < -0.4 is 5.32 Å². The lowest BCUT2D eigenvalue weighted by atomic mass is 10.0. The van der Waals surface area contributed by atoms with Crippen molar-refractivity contribution in [2.45, 2.75) is 44.3 Å². The summed E-state index contributed by atoms with van der Waals surface area (Å²) in [5.41, 5.74) is 1.07. The lowest BCUT2D eigenvalue weighted by Gasteiger charge is -2.28. The third kappa shape index (κ3) is 3.50. The zero-order chi connectivity index (χ0) is 15.5. The van der Waals surface area contributed by atoms with Crippen molar-refractivity contribution in [3.8, 4) is 0 Å². The number of nitrogens with one attached hydrogen (secondary N) is 1. The van der Waals surface area contributed by atoms with E-state index in [9.17, 15) is 4.79 Å². The van der Waals surface area contributed by atoms with Crippen molar-refractivity contribution < 1.29 is 4.79 Å². The molecule has 2 aliphatic rings. The van der Waals surface area contributed by atoms with Crippen molar-refractivity contribution in [1.29, 1.82) is 0 Å². The summed E-state index contributed by atoms with van der Waals surface area (Å²) in [5, 5.41) is 3.28. The van der Waals surface area contributed by atoms with E-state index < -0.39 is 0 Å². The normalized spacial score (nSPS) is 23.7. The number of nitrogens with zero attached hydrogens (tertiary/aromatic N) is 2. The Bertz CT molecular complexity index is 500. The number of hydrogen-bond donors (Lipinski definition) is 1. The molecule has 1 amide bonds. The predicted octanol–water partition coefficient (Wildman–Crippen LogP) is 2.03. The molecule has 1 saturated heterocycles. The third-order valence-corrected chi connectivity index (χ3v) is 4.93. The van der Waals surface area contributed by atoms with E-state index in [2.05, 4.69) is 22.0 Å². The minimum absolute atomic E-state index is 0.137. The van der Waals surface area contributed by atoms with Crippen LogP contribution in [-0.4, -0.2) is 54.5 Å². The van der Waals surface area contributed by atoms with Crippen LogP contribution in [0, 0.1) is 0 Å². The first kappa shape index (κ1) is 15.5. The molecule has 120 valence electrons. The molecule has 1 heterocycles. The molecular formula is C18H27N3O. The molecule has 1 aromatic carbocycles. The van der Waals surface area contributed by atoms with Crippen LogP contribution in [0.15, 0.2) is 30.3 Å². The minimum atomic E-state index is -0.193. The van der Waals surface area contributed by atoms with Crippen molar-refractivity contribution >= 4 is 5.91 Å². The molecule has 3 rings (SSSR count). The summed E-state index contributed by atoms with van der Waals surface area (Å²) in [5.74, 6) is 0.137. The first-order valence-corrected chi connectivity index (χ1v) is 8.48. The molecule has 1 N–H and O–H groups in total. The Morgan fingerprint density at radius 3 is 2.68 bits per heavy atom. The Balaban J connectivity index is 1.64. The molecule has 1 aliphatic heterocycles. The number of carbonyl (C=O) groups is 1. The Hall–Kier alpha value is -1.39. The molecule has 0 radical (unpaired) electrons. The van der Waals surface area contributed by atoms with Crippen LogP contribution in [0.25, 0.3) is 0 Å². The number of amides is 1. The molecule has 22 heavy (non-hydrogen) atoms. The molecule has 4 heteroatoms. The van der Waals surface area contributed by atoms with Gasteiger partial charge in [0.2, 0.25) is 5.91 Å². The first-order valence-electron chi connectivity index (χ1n) is 8.48. The minimum Gasteiger partial charge on any atom is -0.350 e. The van der Waals surface area contributed by atoms with Crippen LogP contribution in [0.4, 0.5) is 0 Å². The second kappa shape index (κ2) is 6.80. The van der Waals surface area contributed by atoms with E-state index in [-0.39, 0.29) is 11.9 Å². The van der Waals surface area contributed by atoms with E-state index in [1.165, 1.54) is 12.8 Å². The van der Waals surface area contributed by atoms with Gasteiger partial charge >= 0.3 is 0 Å². The van der Waals surface area contributed by atoms with Gasteiger partial charge in [0.15, 0.2) is 0 Å². The summed E-state index contributed by atoms with van der Waals surface area (Å²) in [6.07, 6.45) is 3.76. The van der Waals surface area contributed by atoms with Gasteiger partial charge in [-0.2, -0.15) is 0 Å². The van der Waals surface area contributed by atoms with E-state index in [1.54, 1.807) is 0 Å². The van der Waals surface area contributed by atoms with Crippen LogP contribution in [0.5, 0.6) is 0 Å². The standard InChI is InChI=1S/C18H27N3O/c1-3-20(2)17(14-7-5-4-6-8-14)18(22)19-15-11-12-21(13-15)16-9-10-16/h4-8,15-17H,3,9-13H2,1-2H3,(H,19,22)/t15-,17+/m1/s1. The molecule has 2 fully saturated rings. The molecule has 0 aromatic heterocycles. The number of rotatable bonds is 6. The fourth-order valence-electron chi connectivity index (χ4n) is 3.38. The van der Waals surface area contributed by atoms with Gasteiger partial charge in [-0.25, -0.2) is 0 Å². The van der Waals surface area contributed by atoms with Crippen LogP contribution in [0.1, 0.15) is 37.8 Å². The van der Waals surface area contributed by atoms with Gasteiger partial charge in [-0.05, 0) is 38.4 Å². The lowest BCUT2D eigenvalue weighted by Crippen LogP contribution is -2.44. The second-order valence-electron chi connectivity index (χ2n) is 6.61. The first-order chi connectivity index (χ1) is 10.7. The van der Waals surface area contributed by atoms with E-state index in [0.29, 0.717) is 6.04 Å². The smallest absolute Gasteiger partial charge is 0.242 e. The Kier molecular flexibility index (Phi) is 4.79. The quantitative estimate of drug-likeness (QED) is 0.873. The number of benzene rings is 1. The van der Waals surface area contributed by atoms with Crippen LogP contribution in [0.3, 0.4) is 0 Å². The highest BCUT2D eigenvalue weighted by molar-refractivity contribution is 5.83. The predicted molar refractivity (Wildman–Crippen MR) is 88.6 cm³/mol. The average Bonchev–Trinajstić information content (AvgIpc) is 3.29. The van der Waals surface area contributed by atoms with Gasteiger partial charge in [0.05, 0.1) is 0 Å². The summed E-state index contributed by atoms with van der Waals surface area (Å²) in [6.45, 7) is 5.10. The molecule has 1 aromatic rings. The topological polar surface area (TPSA) is 35.6 Å². The Morgan fingerprint density at radius 2 is 2.05 bits per heavy atom. The third-order valence-electron chi connectivity index (χ3n) is 4.93. The highest BCUT2D eigenvalue weighted by Crippen LogP contribution is 2.30. The van der Waals surface area contributed by atoms with Gasteiger partial charge in [-0.15, -0.1) is 0 Å². The van der Waals surface area contributed by atoms with Gasteiger partial charge in [-0.3, -0.25) is 14.6 Å². The maximum Gasteiger partial charge on any atom is 0.242 e. The number of likely N-dealkylation sites (N-methyl/N-ethyl adjacent to an activating group) is 1. The van der Waals surface area contributed by atoms with Crippen molar-refractivity contribution in [2.75, 3.05) is 26.7 Å². The van der Waals surface area contributed by atoms with Crippen molar-refractivity contribution in [2.24, 2.45) is 0 Å². The number of likely N-dealkylation sites (tertiary alicyclic amines) is 1. The molecule has 0 spiro atoms. The zero-order valence-electron chi connectivity index (χ0n) is 13.7. The summed E-state index contributed by atoms with van der Waals surface area (Å²) in [4.78, 5) is 17.5. The van der Waals surface area contributed by atoms with E-state index >= 15 is 0 Å². The van der Waals surface area contributed by atoms with Gasteiger partial charge in [-0.1, -0.05) is 37.3 Å². The highest BCUT2D eigenvalue weighted by atomic mass is 16.2. The number of carbonyl (C=O) groups excluding carboxylic acids is 1. The van der Waals surface area contributed by atoms with Crippen molar-refractivity contribution in [3.63, 3.8) is 0 Å². The fourth-order valence-corrected chi connectivity index (χ4v) is 3.38. The average molecular weight is 301 g/mol. The Labute approximate surface area is 133 Å². The fraction of sp³-hybridized carbons (Fsp3) is 0.611. The monoisotopic (exact) mass is 301 g/mol. The van der Waals surface area contributed by atoms with Gasteiger partial charge in [0, 0.05) is 25.2 Å². The van der Waals surface area contributed by atoms with E-state index in [0.717, 1.165) is 37.7 Å². The number of hydrogen-bond acceptors (Lipinski definition) is 3. The van der Waals surface area contributed by atoms with Crippen molar-refractivity contribution in [3.05, 3.63) is 35.9 Å². The molecule has 1 aliphatic carbocycles. The molecular weight excluding hydrogens is 274 g/mol. The molecule has 4 nitrogen and oxygen atoms in total. The van der Waals surface area contributed by atoms with Crippen LogP contribution in [0.2, 0.25) is 0 Å². The largest absolute Gasteiger partial charge is 0.350 e. The Morgan fingerprint density at radius 1 is 1.32 bits per heavy atom. The molecule has 0 unspecified atom stereocenters. The SMILES string of the molecule is CCN(C)[C@H](C(=O)N[C@@H]1CCN(C2CC2)C1)c1ccccc1. The van der Waals surface area contributed by atoms with Gasteiger partial charge in [0.1, 0.15) is 6.04 Å². The maximum absolute atomic E-state index is 12.8. The van der Waals surface area contributed by atoms with Crippen molar-refractivity contribution in [1.82, 2.24) is 15.1 Å². The lowest BCUT2D eigenvalue weighted by molar-refractivity contribution is -0.126. The van der Waals surface area contributed by atoms with Gasteiger partial charge < -0.3 is 5.32 Å².